The molecule has 0 aliphatic carbocycles. The number of halogens is 1. The highest BCUT2D eigenvalue weighted by Gasteiger charge is 2.34. The molecule has 1 fully saturated rings. The van der Waals surface area contributed by atoms with E-state index in [4.69, 9.17) is 16.3 Å². The van der Waals surface area contributed by atoms with E-state index >= 15 is 0 Å². The number of piperazine rings is 1. The quantitative estimate of drug-likeness (QED) is 0.512. The van der Waals surface area contributed by atoms with Gasteiger partial charge in [-0.2, -0.15) is 5.10 Å². The van der Waals surface area contributed by atoms with Crippen LogP contribution in [-0.2, 0) is 16.0 Å². The molecule has 1 unspecified atom stereocenters. The number of amides is 2. The topological polar surface area (TPSA) is 99.3 Å². The standard InChI is InChI=1S/C25H30ClN5O3/c1-25(2,3)34-24(33)29-21(12-16-4-8-19(26)9-5-16)23(32)31-11-10-27-15-22(31)17-6-7-18-14-28-30-20(18)13-17/h4-9,13-14,21-22,27H,10-12,15H2,1-3H3,(H,28,30)(H,29,33)/t21?,22-/m0/s1. The molecule has 4 rings (SSSR count). The molecule has 3 N–H and O–H groups in total. The third-order valence-electron chi connectivity index (χ3n) is 5.72. The van der Waals surface area contributed by atoms with Gasteiger partial charge in [-0.15, -0.1) is 0 Å². The van der Waals surface area contributed by atoms with E-state index in [1.165, 1.54) is 0 Å². The van der Waals surface area contributed by atoms with Crippen molar-refractivity contribution >= 4 is 34.5 Å². The first kappa shape index (κ1) is 24.0. The maximum Gasteiger partial charge on any atom is 0.408 e. The van der Waals surface area contributed by atoms with E-state index in [0.29, 0.717) is 31.1 Å². The van der Waals surface area contributed by atoms with Crippen LogP contribution in [0.2, 0.25) is 5.02 Å². The summed E-state index contributed by atoms with van der Waals surface area (Å²) >= 11 is 6.03. The number of fused-ring (bicyclic) bond motifs is 1. The van der Waals surface area contributed by atoms with Crippen molar-refractivity contribution in [2.24, 2.45) is 0 Å². The second-order valence-electron chi connectivity index (χ2n) is 9.50. The van der Waals surface area contributed by atoms with Crippen molar-refractivity contribution in [1.82, 2.24) is 25.7 Å². The van der Waals surface area contributed by atoms with Crippen LogP contribution < -0.4 is 10.6 Å². The van der Waals surface area contributed by atoms with E-state index in [0.717, 1.165) is 22.0 Å². The minimum Gasteiger partial charge on any atom is -0.444 e. The van der Waals surface area contributed by atoms with E-state index in [1.807, 2.05) is 35.2 Å². The Bertz CT molecular complexity index is 1160. The molecule has 2 atom stereocenters. The van der Waals surface area contributed by atoms with Crippen LogP contribution in [0.25, 0.3) is 10.9 Å². The van der Waals surface area contributed by atoms with Gasteiger partial charge in [-0.3, -0.25) is 9.89 Å². The molecule has 3 aromatic rings. The summed E-state index contributed by atoms with van der Waals surface area (Å²) in [5, 5.41) is 14.9. The molecule has 9 heteroatoms. The molecule has 2 amide bonds. The fourth-order valence-electron chi connectivity index (χ4n) is 4.13. The highest BCUT2D eigenvalue weighted by molar-refractivity contribution is 6.30. The Labute approximate surface area is 204 Å². The number of nitrogens with zero attached hydrogens (tertiary/aromatic N) is 2. The van der Waals surface area contributed by atoms with Crippen molar-refractivity contribution in [1.29, 1.82) is 0 Å². The van der Waals surface area contributed by atoms with E-state index in [1.54, 1.807) is 39.1 Å². The molecular formula is C25H30ClN5O3. The monoisotopic (exact) mass is 483 g/mol. The first-order chi connectivity index (χ1) is 16.2. The fourth-order valence-corrected chi connectivity index (χ4v) is 4.26. The van der Waals surface area contributed by atoms with Gasteiger partial charge in [-0.1, -0.05) is 35.9 Å². The van der Waals surface area contributed by atoms with Crippen LogP contribution in [0.4, 0.5) is 4.79 Å². The minimum atomic E-state index is -0.785. The number of hydrogen-bond acceptors (Lipinski definition) is 5. The van der Waals surface area contributed by atoms with Crippen molar-refractivity contribution in [2.45, 2.75) is 44.9 Å². The summed E-state index contributed by atoms with van der Waals surface area (Å²) in [6.07, 6.45) is 1.48. The molecule has 8 nitrogen and oxygen atoms in total. The number of carbonyl (C=O) groups is 2. The summed E-state index contributed by atoms with van der Waals surface area (Å²) in [5.41, 5.74) is 2.14. The number of nitrogens with one attached hydrogen (secondary N) is 3. The zero-order valence-corrected chi connectivity index (χ0v) is 20.4. The normalized spacial score (nSPS) is 17.4. The zero-order valence-electron chi connectivity index (χ0n) is 19.6. The number of ether oxygens (including phenoxy) is 1. The second-order valence-corrected chi connectivity index (χ2v) is 9.93. The number of aromatic nitrogens is 2. The molecule has 180 valence electrons. The Kier molecular flexibility index (Phi) is 7.09. The summed E-state index contributed by atoms with van der Waals surface area (Å²) in [6.45, 7) is 7.19. The maximum absolute atomic E-state index is 13.8. The van der Waals surface area contributed by atoms with Gasteiger partial charge in [0.25, 0.3) is 0 Å². The molecular weight excluding hydrogens is 454 g/mol. The smallest absolute Gasteiger partial charge is 0.408 e. The van der Waals surface area contributed by atoms with Crippen LogP contribution in [0.1, 0.15) is 37.9 Å². The number of alkyl carbamates (subject to hydrolysis) is 1. The molecule has 1 aliphatic rings. The van der Waals surface area contributed by atoms with Crippen LogP contribution in [0.5, 0.6) is 0 Å². The number of carbonyl (C=O) groups excluding carboxylic acids is 2. The fraction of sp³-hybridized carbons (Fsp3) is 0.400. The first-order valence-electron chi connectivity index (χ1n) is 11.4. The Hall–Kier alpha value is -3.10. The lowest BCUT2D eigenvalue weighted by atomic mass is 9.99. The van der Waals surface area contributed by atoms with Crippen molar-refractivity contribution in [3.05, 3.63) is 64.8 Å². The van der Waals surface area contributed by atoms with Gasteiger partial charge in [-0.25, -0.2) is 4.79 Å². The van der Waals surface area contributed by atoms with Gasteiger partial charge in [-0.05, 0) is 50.1 Å². The largest absolute Gasteiger partial charge is 0.444 e. The SMILES string of the molecule is CC(C)(C)OC(=O)NC(Cc1ccc(Cl)cc1)C(=O)N1CCNC[C@H]1c1ccc2cn[nH]c2c1. The highest BCUT2D eigenvalue weighted by Crippen LogP contribution is 2.26. The van der Waals surface area contributed by atoms with Gasteiger partial charge in [0.2, 0.25) is 5.91 Å². The van der Waals surface area contributed by atoms with Gasteiger partial charge in [0.1, 0.15) is 11.6 Å². The van der Waals surface area contributed by atoms with Gasteiger partial charge in [0.15, 0.2) is 0 Å². The number of rotatable bonds is 5. The maximum atomic E-state index is 13.8. The summed E-state index contributed by atoms with van der Waals surface area (Å²) < 4.78 is 5.45. The molecule has 0 bridgehead atoms. The lowest BCUT2D eigenvalue weighted by molar-refractivity contribution is -0.136. The van der Waals surface area contributed by atoms with Crippen LogP contribution in [0.3, 0.4) is 0 Å². The predicted octanol–water partition coefficient (Wildman–Crippen LogP) is 3.83. The third-order valence-corrected chi connectivity index (χ3v) is 5.97. The van der Waals surface area contributed by atoms with Gasteiger partial charge in [0.05, 0.1) is 17.8 Å². The number of hydrogen-bond donors (Lipinski definition) is 3. The Balaban J connectivity index is 1.60. The number of H-pyrrole nitrogens is 1. The van der Waals surface area contributed by atoms with Crippen molar-refractivity contribution in [3.8, 4) is 0 Å². The van der Waals surface area contributed by atoms with E-state index in [2.05, 4.69) is 20.8 Å². The van der Waals surface area contributed by atoms with E-state index in [9.17, 15) is 9.59 Å². The van der Waals surface area contributed by atoms with Crippen molar-refractivity contribution in [2.75, 3.05) is 19.6 Å². The van der Waals surface area contributed by atoms with E-state index < -0.39 is 17.7 Å². The lowest BCUT2D eigenvalue weighted by Gasteiger charge is -2.38. The van der Waals surface area contributed by atoms with Crippen LogP contribution >= 0.6 is 11.6 Å². The molecule has 1 aliphatic heterocycles. The lowest BCUT2D eigenvalue weighted by Crippen LogP contribution is -2.56. The van der Waals surface area contributed by atoms with Gasteiger partial charge >= 0.3 is 6.09 Å². The molecule has 2 aromatic carbocycles. The summed E-state index contributed by atoms with van der Waals surface area (Å²) in [7, 11) is 0. The molecule has 0 spiro atoms. The second kappa shape index (κ2) is 10.0. The molecule has 34 heavy (non-hydrogen) atoms. The Morgan fingerprint density at radius 1 is 1.24 bits per heavy atom. The summed E-state index contributed by atoms with van der Waals surface area (Å²) in [4.78, 5) is 28.3. The van der Waals surface area contributed by atoms with Gasteiger partial charge < -0.3 is 20.3 Å². The minimum absolute atomic E-state index is 0.156. The number of aromatic amines is 1. The Morgan fingerprint density at radius 3 is 2.74 bits per heavy atom. The van der Waals surface area contributed by atoms with Crippen molar-refractivity contribution < 1.29 is 14.3 Å². The van der Waals surface area contributed by atoms with Crippen LogP contribution in [-0.4, -0.2) is 58.4 Å². The molecule has 2 heterocycles. The predicted molar refractivity (Wildman–Crippen MR) is 132 cm³/mol. The average Bonchev–Trinajstić information content (AvgIpc) is 3.26. The summed E-state index contributed by atoms with van der Waals surface area (Å²) in [5.74, 6) is -0.156. The average molecular weight is 484 g/mol. The molecule has 0 radical (unpaired) electrons. The molecule has 1 saturated heterocycles. The van der Waals surface area contributed by atoms with Crippen LogP contribution in [0, 0.1) is 0 Å². The highest BCUT2D eigenvalue weighted by atomic mass is 35.5. The van der Waals surface area contributed by atoms with Crippen molar-refractivity contribution in [3.63, 3.8) is 0 Å². The Morgan fingerprint density at radius 2 is 2.00 bits per heavy atom. The van der Waals surface area contributed by atoms with Crippen LogP contribution in [0.15, 0.2) is 48.7 Å². The van der Waals surface area contributed by atoms with Gasteiger partial charge in [0, 0.05) is 36.5 Å². The zero-order chi connectivity index (χ0) is 24.3. The number of benzene rings is 2. The summed E-state index contributed by atoms with van der Waals surface area (Å²) in [6, 6.07) is 12.4. The first-order valence-corrected chi connectivity index (χ1v) is 11.8. The molecule has 0 saturated carbocycles. The third kappa shape index (κ3) is 5.87. The molecule has 1 aromatic heterocycles. The van der Waals surface area contributed by atoms with E-state index in [-0.39, 0.29) is 11.9 Å².